The van der Waals surface area contributed by atoms with Crippen LogP contribution >= 0.6 is 7.82 Å². The number of allylic oxidation sites excluding steroid dienone is 28. The van der Waals surface area contributed by atoms with Crippen molar-refractivity contribution in [2.75, 3.05) is 26.4 Å². The van der Waals surface area contributed by atoms with E-state index in [-0.39, 0.29) is 38.6 Å². The summed E-state index contributed by atoms with van der Waals surface area (Å²) in [6.07, 6.45) is 122. The molecule has 2 unspecified atom stereocenters. The molecule has 2 atom stereocenters. The molecule has 0 aliphatic heterocycles. The Labute approximate surface area is 610 Å². The van der Waals surface area contributed by atoms with Gasteiger partial charge in [0.2, 0.25) is 0 Å². The molecule has 0 aromatic carbocycles. The first-order valence-corrected chi connectivity index (χ1v) is 42.1. The molecule has 0 saturated carbocycles. The number of hydrogen-bond acceptors (Lipinski definition) is 8. The monoisotopic (exact) mass is 1390 g/mol. The zero-order chi connectivity index (χ0) is 71.5. The highest BCUT2D eigenvalue weighted by molar-refractivity contribution is 7.47. The fourth-order valence-electron chi connectivity index (χ4n) is 11.2. The predicted molar refractivity (Wildman–Crippen MR) is 431 cm³/mol. The van der Waals surface area contributed by atoms with Crippen LogP contribution in [0.4, 0.5) is 0 Å². The van der Waals surface area contributed by atoms with Crippen LogP contribution in [0.5, 0.6) is 0 Å². The predicted octanol–water partition coefficient (Wildman–Crippen LogP) is 27.6. The number of nitrogens with two attached hydrogens (primary N) is 1. The van der Waals surface area contributed by atoms with Crippen LogP contribution in [-0.4, -0.2) is 49.3 Å². The minimum atomic E-state index is -4.41. The van der Waals surface area contributed by atoms with Crippen molar-refractivity contribution in [2.45, 2.75) is 354 Å². The highest BCUT2D eigenvalue weighted by Gasteiger charge is 2.26. The van der Waals surface area contributed by atoms with Gasteiger partial charge in [0.15, 0.2) is 6.10 Å². The molecule has 0 rings (SSSR count). The van der Waals surface area contributed by atoms with Gasteiger partial charge >= 0.3 is 19.8 Å². The Hall–Kier alpha value is -4.63. The van der Waals surface area contributed by atoms with Gasteiger partial charge in [0.05, 0.1) is 13.2 Å². The van der Waals surface area contributed by atoms with E-state index < -0.39 is 26.5 Å². The Balaban J connectivity index is 3.85. The van der Waals surface area contributed by atoms with Crippen LogP contribution in [0.1, 0.15) is 348 Å². The molecule has 0 amide bonds. The third-order valence-electron chi connectivity index (χ3n) is 17.1. The number of rotatable bonds is 75. The second-order valence-corrected chi connectivity index (χ2v) is 28.0. The fourth-order valence-corrected chi connectivity index (χ4v) is 12.0. The summed E-state index contributed by atoms with van der Waals surface area (Å²) in [5, 5.41) is 0. The Morgan fingerprint density at radius 3 is 0.778 bits per heavy atom. The Morgan fingerprint density at radius 1 is 0.303 bits per heavy atom. The van der Waals surface area contributed by atoms with Crippen molar-refractivity contribution in [2.24, 2.45) is 5.73 Å². The van der Waals surface area contributed by atoms with E-state index in [1.807, 2.05) is 0 Å². The molecule has 0 bridgehead atoms. The van der Waals surface area contributed by atoms with Crippen LogP contribution in [0, 0.1) is 0 Å². The van der Waals surface area contributed by atoms with Gasteiger partial charge in [-0.15, -0.1) is 0 Å². The zero-order valence-corrected chi connectivity index (χ0v) is 64.6. The second kappa shape index (κ2) is 82.3. The fraction of sp³-hybridized carbons (Fsp3) is 0.663. The van der Waals surface area contributed by atoms with Gasteiger partial charge in [-0.1, -0.05) is 377 Å². The van der Waals surface area contributed by atoms with Gasteiger partial charge in [-0.05, 0) is 128 Å². The lowest BCUT2D eigenvalue weighted by molar-refractivity contribution is -0.161. The minimum absolute atomic E-state index is 0.0479. The highest BCUT2D eigenvalue weighted by Crippen LogP contribution is 2.43. The quantitative estimate of drug-likeness (QED) is 0.0264. The summed E-state index contributed by atoms with van der Waals surface area (Å²) >= 11 is 0. The summed E-state index contributed by atoms with van der Waals surface area (Å²) in [5.41, 5.74) is 5.42. The molecule has 0 aromatic rings. The smallest absolute Gasteiger partial charge is 0.462 e. The summed E-state index contributed by atoms with van der Waals surface area (Å²) in [6, 6.07) is 0. The van der Waals surface area contributed by atoms with Gasteiger partial charge < -0.3 is 20.1 Å². The van der Waals surface area contributed by atoms with E-state index in [9.17, 15) is 19.0 Å². The Kier molecular flexibility index (Phi) is 78.5. The lowest BCUT2D eigenvalue weighted by Gasteiger charge is -2.19. The average Bonchev–Trinajstić information content (AvgIpc) is 1.35. The van der Waals surface area contributed by atoms with Gasteiger partial charge in [0.1, 0.15) is 6.61 Å². The topological polar surface area (TPSA) is 134 Å². The van der Waals surface area contributed by atoms with E-state index in [1.54, 1.807) is 0 Å². The number of unbranched alkanes of at least 4 members (excludes halogenated alkanes) is 34. The standard InChI is InChI=1S/C89H150NO8P/c1-3-5-7-9-11-13-15-17-19-21-23-25-27-29-31-33-35-37-39-41-43-45-47-49-51-53-55-57-59-61-63-65-67-69-71-73-75-77-79-81-88(91)95-85-87(86-97-99(93,94)96-84-83-90)98-89(92)82-80-78-76-74-72-70-68-66-64-62-60-58-56-54-52-50-48-46-44-42-40-38-36-34-32-30-28-26-24-22-20-18-16-14-12-10-8-6-4-2/h5-8,11-14,17-20,23-26,29-32,36,38,42,44,48,50,54,56,87H,3-4,9-10,15-16,21-22,27-28,33-35,37,39-41,43,45-47,49,51-53,55,57-86,90H2,1-2H3,(H,93,94)/b7-5-,8-6-,13-11-,14-12-,19-17-,20-18-,25-23-,26-24-,31-29-,32-30-,38-36-,44-42-,50-48-,56-54-. The molecule has 0 aliphatic rings. The third kappa shape index (κ3) is 82.2. The minimum Gasteiger partial charge on any atom is -0.462 e. The summed E-state index contributed by atoms with van der Waals surface area (Å²) in [6.45, 7) is 3.54. The number of carbonyl (C=O) groups is 2. The highest BCUT2D eigenvalue weighted by atomic mass is 31.2. The number of phosphoric acid groups is 1. The van der Waals surface area contributed by atoms with Crippen molar-refractivity contribution in [3.05, 3.63) is 170 Å². The lowest BCUT2D eigenvalue weighted by Crippen LogP contribution is -2.29. The number of phosphoric ester groups is 1. The number of esters is 2. The molecule has 0 aliphatic carbocycles. The Bertz CT molecular complexity index is 2240. The number of carbonyl (C=O) groups excluding carboxylic acids is 2. The van der Waals surface area contributed by atoms with Crippen molar-refractivity contribution in [1.82, 2.24) is 0 Å². The molecule has 10 heteroatoms. The summed E-state index contributed by atoms with van der Waals surface area (Å²) < 4.78 is 33.3. The maximum Gasteiger partial charge on any atom is 0.472 e. The van der Waals surface area contributed by atoms with E-state index >= 15 is 0 Å². The van der Waals surface area contributed by atoms with Crippen LogP contribution < -0.4 is 5.73 Å². The first-order valence-electron chi connectivity index (χ1n) is 40.6. The van der Waals surface area contributed by atoms with Crippen LogP contribution in [0.15, 0.2) is 170 Å². The van der Waals surface area contributed by atoms with E-state index in [4.69, 9.17) is 24.3 Å². The van der Waals surface area contributed by atoms with Gasteiger partial charge in [-0.2, -0.15) is 0 Å². The molecule has 0 aromatic heterocycles. The van der Waals surface area contributed by atoms with Crippen molar-refractivity contribution in [3.8, 4) is 0 Å². The maximum atomic E-state index is 12.8. The normalized spacial score (nSPS) is 13.8. The average molecular weight is 1390 g/mol. The van der Waals surface area contributed by atoms with Crippen molar-refractivity contribution < 1.29 is 37.6 Å². The number of ether oxygens (including phenoxy) is 2. The SMILES string of the molecule is CC/C=C\C/C=C\C/C=C\C/C=C\C/C=C\C/C=C\C/C=C\C/C=C\C/C=C\CCCCCCCCCCCCCC(=O)OC(COC(=O)CCCCCCCCCCCCCCCCCCCCCCCCC/C=C\C/C=C\C/C=C\C/C=C\C/C=C\CC)COP(=O)(O)OCCN. The molecule has 0 fully saturated rings. The largest absolute Gasteiger partial charge is 0.472 e. The molecule has 3 N–H and O–H groups in total. The van der Waals surface area contributed by atoms with E-state index in [0.717, 1.165) is 135 Å². The molecular weight excluding hydrogens is 1240 g/mol. The molecule has 99 heavy (non-hydrogen) atoms. The van der Waals surface area contributed by atoms with Gasteiger partial charge in [-0.25, -0.2) is 4.57 Å². The van der Waals surface area contributed by atoms with Crippen LogP contribution in [0.25, 0.3) is 0 Å². The molecular formula is C89H150NO8P. The summed E-state index contributed by atoms with van der Waals surface area (Å²) in [5.74, 6) is -0.826. The van der Waals surface area contributed by atoms with E-state index in [2.05, 4.69) is 184 Å². The van der Waals surface area contributed by atoms with Crippen LogP contribution in [0.3, 0.4) is 0 Å². The summed E-state index contributed by atoms with van der Waals surface area (Å²) in [7, 11) is -4.41. The van der Waals surface area contributed by atoms with Crippen molar-refractivity contribution >= 4 is 19.8 Å². The molecule has 0 saturated heterocycles. The third-order valence-corrected chi connectivity index (χ3v) is 18.1. The van der Waals surface area contributed by atoms with Gasteiger partial charge in [0.25, 0.3) is 0 Å². The second-order valence-electron chi connectivity index (χ2n) is 26.5. The summed E-state index contributed by atoms with van der Waals surface area (Å²) in [4.78, 5) is 35.5. The molecule has 9 nitrogen and oxygen atoms in total. The first-order chi connectivity index (χ1) is 48.8. The van der Waals surface area contributed by atoms with Crippen molar-refractivity contribution in [3.63, 3.8) is 0 Å². The van der Waals surface area contributed by atoms with Crippen LogP contribution in [-0.2, 0) is 32.7 Å². The van der Waals surface area contributed by atoms with Crippen LogP contribution in [0.2, 0.25) is 0 Å². The molecule has 0 radical (unpaired) electrons. The lowest BCUT2D eigenvalue weighted by atomic mass is 10.0. The molecule has 0 heterocycles. The maximum absolute atomic E-state index is 12.8. The van der Waals surface area contributed by atoms with Gasteiger partial charge in [-0.3, -0.25) is 18.6 Å². The van der Waals surface area contributed by atoms with E-state index in [0.29, 0.717) is 6.42 Å². The van der Waals surface area contributed by atoms with E-state index in [1.165, 1.54) is 180 Å². The van der Waals surface area contributed by atoms with Gasteiger partial charge in [0, 0.05) is 19.4 Å². The molecule has 564 valence electrons. The molecule has 0 spiro atoms. The zero-order valence-electron chi connectivity index (χ0n) is 63.7. The number of hydrogen-bond donors (Lipinski definition) is 2. The first kappa shape index (κ1) is 94.4. The Morgan fingerprint density at radius 2 is 0.525 bits per heavy atom. The van der Waals surface area contributed by atoms with Crippen molar-refractivity contribution in [1.29, 1.82) is 0 Å².